The van der Waals surface area contributed by atoms with Crippen LogP contribution < -0.4 is 10.6 Å². The Hall–Kier alpha value is -0.650. The summed E-state index contributed by atoms with van der Waals surface area (Å²) in [6.45, 7) is 9.66. The molecule has 0 radical (unpaired) electrons. The fourth-order valence-electron chi connectivity index (χ4n) is 1.50. The first-order valence-corrected chi connectivity index (χ1v) is 6.79. The molecule has 1 rings (SSSR count). The summed E-state index contributed by atoms with van der Waals surface area (Å²) in [6.07, 6.45) is 0.279. The number of aryl methyl sites for hydroxylation is 1. The lowest BCUT2D eigenvalue weighted by Crippen LogP contribution is -2.23. The molecule has 0 fully saturated rings. The second kappa shape index (κ2) is 6.33. The molecule has 0 saturated carbocycles. The van der Waals surface area contributed by atoms with Gasteiger partial charge < -0.3 is 15.4 Å². The maximum Gasteiger partial charge on any atom is 0.185 e. The molecule has 1 atom stereocenters. The highest BCUT2D eigenvalue weighted by Gasteiger charge is 2.13. The maximum atomic E-state index is 5.90. The summed E-state index contributed by atoms with van der Waals surface area (Å²) in [5.41, 5.74) is 6.93. The van der Waals surface area contributed by atoms with Gasteiger partial charge >= 0.3 is 0 Å². The van der Waals surface area contributed by atoms with Crippen LogP contribution in [-0.2, 0) is 4.74 Å². The van der Waals surface area contributed by atoms with E-state index in [-0.39, 0.29) is 12.1 Å². The van der Waals surface area contributed by atoms with Gasteiger partial charge in [-0.2, -0.15) is 0 Å². The summed E-state index contributed by atoms with van der Waals surface area (Å²) < 4.78 is 5.53. The molecule has 17 heavy (non-hydrogen) atoms. The van der Waals surface area contributed by atoms with Crippen molar-refractivity contribution in [2.45, 2.75) is 39.8 Å². The number of hydrogen-bond acceptors (Lipinski definition) is 5. The third-order valence-corrected chi connectivity index (χ3v) is 3.91. The Kier molecular flexibility index (Phi) is 5.36. The van der Waals surface area contributed by atoms with Crippen molar-refractivity contribution in [3.05, 3.63) is 10.6 Å². The zero-order valence-corrected chi connectivity index (χ0v) is 12.2. The lowest BCUT2D eigenvalue weighted by atomic mass is 10.2. The predicted molar refractivity (Wildman–Crippen MR) is 73.8 cm³/mol. The predicted octanol–water partition coefficient (Wildman–Crippen LogP) is 2.33. The topological polar surface area (TPSA) is 51.4 Å². The molecule has 1 aromatic heterocycles. The van der Waals surface area contributed by atoms with Crippen molar-refractivity contribution < 1.29 is 4.74 Å². The number of anilines is 1. The van der Waals surface area contributed by atoms with Crippen LogP contribution in [-0.4, -0.2) is 31.3 Å². The van der Waals surface area contributed by atoms with Crippen LogP contribution in [0.3, 0.4) is 0 Å². The number of ether oxygens (including phenoxy) is 1. The Bertz CT molecular complexity index is 350. The number of thiazole rings is 1. The summed E-state index contributed by atoms with van der Waals surface area (Å²) in [4.78, 5) is 7.82. The molecular weight excluding hydrogens is 234 g/mol. The van der Waals surface area contributed by atoms with Crippen molar-refractivity contribution in [1.82, 2.24) is 4.98 Å². The first kappa shape index (κ1) is 14.4. The number of rotatable bonds is 6. The first-order valence-electron chi connectivity index (χ1n) is 5.97. The molecule has 1 aromatic rings. The third-order valence-electron chi connectivity index (χ3n) is 2.44. The molecule has 0 amide bonds. The third kappa shape index (κ3) is 4.26. The van der Waals surface area contributed by atoms with Crippen molar-refractivity contribution in [3.8, 4) is 0 Å². The molecule has 0 aliphatic carbocycles. The molecule has 98 valence electrons. The van der Waals surface area contributed by atoms with Crippen LogP contribution in [0.5, 0.6) is 0 Å². The summed E-state index contributed by atoms with van der Waals surface area (Å²) in [7, 11) is 2.03. The van der Waals surface area contributed by atoms with E-state index in [1.165, 1.54) is 0 Å². The molecule has 4 nitrogen and oxygen atoms in total. The molecule has 1 unspecified atom stereocenters. The van der Waals surface area contributed by atoms with E-state index >= 15 is 0 Å². The van der Waals surface area contributed by atoms with Crippen LogP contribution in [0.25, 0.3) is 0 Å². The average Bonchev–Trinajstić information content (AvgIpc) is 2.59. The largest absolute Gasteiger partial charge is 0.377 e. The minimum atomic E-state index is 0.0570. The second-order valence-corrected chi connectivity index (χ2v) is 5.58. The number of nitrogens with zero attached hydrogens (tertiary/aromatic N) is 2. The fraction of sp³-hybridized carbons (Fsp3) is 0.750. The Morgan fingerprint density at radius 1 is 1.41 bits per heavy atom. The molecule has 2 N–H and O–H groups in total. The van der Waals surface area contributed by atoms with Gasteiger partial charge in [0, 0.05) is 24.5 Å². The molecular formula is C12H23N3OS. The van der Waals surface area contributed by atoms with E-state index in [1.54, 1.807) is 11.3 Å². The molecule has 1 heterocycles. The second-order valence-electron chi connectivity index (χ2n) is 4.58. The van der Waals surface area contributed by atoms with Crippen molar-refractivity contribution in [2.24, 2.45) is 5.73 Å². The van der Waals surface area contributed by atoms with Gasteiger partial charge in [0.1, 0.15) is 0 Å². The lowest BCUT2D eigenvalue weighted by Gasteiger charge is -2.16. The number of hydrogen-bond donors (Lipinski definition) is 1. The van der Waals surface area contributed by atoms with Gasteiger partial charge in [-0.05, 0) is 27.7 Å². The quantitative estimate of drug-likeness (QED) is 0.850. The molecule has 0 spiro atoms. The zero-order chi connectivity index (χ0) is 13.0. The molecule has 0 aromatic carbocycles. The van der Waals surface area contributed by atoms with Crippen LogP contribution >= 0.6 is 11.3 Å². The molecule has 0 aliphatic rings. The molecule has 0 aliphatic heterocycles. The van der Waals surface area contributed by atoms with Crippen molar-refractivity contribution in [3.63, 3.8) is 0 Å². The Balaban J connectivity index is 2.57. The smallest absolute Gasteiger partial charge is 0.185 e. The van der Waals surface area contributed by atoms with Gasteiger partial charge in [0.25, 0.3) is 0 Å². The summed E-state index contributed by atoms with van der Waals surface area (Å²) in [5.74, 6) is 0. The number of nitrogens with two attached hydrogens (primary N) is 1. The van der Waals surface area contributed by atoms with Crippen LogP contribution in [0.4, 0.5) is 5.13 Å². The zero-order valence-electron chi connectivity index (χ0n) is 11.4. The van der Waals surface area contributed by atoms with Crippen LogP contribution in [0.2, 0.25) is 0 Å². The highest BCUT2D eigenvalue weighted by atomic mass is 32.1. The lowest BCUT2D eigenvalue weighted by molar-refractivity contribution is 0.0846. The van der Waals surface area contributed by atoms with Gasteiger partial charge in [-0.25, -0.2) is 4.98 Å². The van der Waals surface area contributed by atoms with Gasteiger partial charge in [0.15, 0.2) is 5.13 Å². The molecule has 0 saturated heterocycles. The van der Waals surface area contributed by atoms with E-state index in [0.29, 0.717) is 0 Å². The van der Waals surface area contributed by atoms with Crippen molar-refractivity contribution >= 4 is 16.5 Å². The van der Waals surface area contributed by atoms with Gasteiger partial charge in [0.05, 0.1) is 18.4 Å². The fourth-order valence-corrected chi connectivity index (χ4v) is 2.51. The van der Waals surface area contributed by atoms with Gasteiger partial charge in [-0.15, -0.1) is 11.3 Å². The highest BCUT2D eigenvalue weighted by Crippen LogP contribution is 2.28. The van der Waals surface area contributed by atoms with Crippen LogP contribution in [0.15, 0.2) is 0 Å². The highest BCUT2D eigenvalue weighted by molar-refractivity contribution is 7.15. The average molecular weight is 257 g/mol. The van der Waals surface area contributed by atoms with Gasteiger partial charge in [-0.3, -0.25) is 0 Å². The Labute approximate surface area is 108 Å². The van der Waals surface area contributed by atoms with Crippen molar-refractivity contribution in [2.75, 3.05) is 25.1 Å². The summed E-state index contributed by atoms with van der Waals surface area (Å²) in [6, 6.07) is 0.0570. The maximum absolute atomic E-state index is 5.90. The SMILES string of the molecule is Cc1nc(N(C)CCOC(C)C)sc1C(C)N. The van der Waals surface area contributed by atoms with Gasteiger partial charge in [-0.1, -0.05) is 0 Å². The van der Waals surface area contributed by atoms with Crippen LogP contribution in [0.1, 0.15) is 37.4 Å². The van der Waals surface area contributed by atoms with Gasteiger partial charge in [0.2, 0.25) is 0 Å². The van der Waals surface area contributed by atoms with E-state index < -0.39 is 0 Å². The van der Waals surface area contributed by atoms with Crippen molar-refractivity contribution in [1.29, 1.82) is 0 Å². The Morgan fingerprint density at radius 3 is 2.53 bits per heavy atom. The normalized spacial score (nSPS) is 13.1. The van der Waals surface area contributed by atoms with Crippen LogP contribution in [0, 0.1) is 6.92 Å². The minimum absolute atomic E-state index is 0.0570. The number of aromatic nitrogens is 1. The standard InChI is InChI=1S/C12H23N3OS/c1-8(2)16-7-6-15(5)12-14-10(4)11(17-12)9(3)13/h8-9H,6-7,13H2,1-5H3. The first-order chi connectivity index (χ1) is 7.91. The van der Waals surface area contributed by atoms with E-state index in [2.05, 4.69) is 9.88 Å². The summed E-state index contributed by atoms with van der Waals surface area (Å²) >= 11 is 1.67. The van der Waals surface area contributed by atoms with E-state index in [4.69, 9.17) is 10.5 Å². The van der Waals surface area contributed by atoms with E-state index in [0.717, 1.165) is 28.9 Å². The summed E-state index contributed by atoms with van der Waals surface area (Å²) in [5, 5.41) is 1.02. The minimum Gasteiger partial charge on any atom is -0.377 e. The molecule has 5 heteroatoms. The van der Waals surface area contributed by atoms with E-state index in [9.17, 15) is 0 Å². The Morgan fingerprint density at radius 2 is 2.06 bits per heavy atom. The number of likely N-dealkylation sites (N-methyl/N-ethyl adjacent to an activating group) is 1. The molecule has 0 bridgehead atoms. The monoisotopic (exact) mass is 257 g/mol. The van der Waals surface area contributed by atoms with E-state index in [1.807, 2.05) is 34.7 Å².